The van der Waals surface area contributed by atoms with E-state index in [0.717, 1.165) is 12.0 Å². The van der Waals surface area contributed by atoms with Crippen LogP contribution < -0.4 is 0 Å². The molecule has 0 spiro atoms. The Bertz CT molecular complexity index is 382. The van der Waals surface area contributed by atoms with Gasteiger partial charge in [-0.1, -0.05) is 6.92 Å². The van der Waals surface area contributed by atoms with Gasteiger partial charge < -0.3 is 4.57 Å². The fourth-order valence-electron chi connectivity index (χ4n) is 3.82. The van der Waals surface area contributed by atoms with Gasteiger partial charge in [0.25, 0.3) is 0 Å². The summed E-state index contributed by atoms with van der Waals surface area (Å²) in [5.74, 6) is 0.728. The van der Waals surface area contributed by atoms with E-state index in [1.807, 2.05) is 0 Å². The molecule has 82 valence electrons. The SMILES string of the molecule is C[C@@H]1C(c2cccn2C)C2(C)CCN1C2. The maximum atomic E-state index is 2.65. The van der Waals surface area contributed by atoms with Gasteiger partial charge in [0.05, 0.1) is 0 Å². The van der Waals surface area contributed by atoms with E-state index in [9.17, 15) is 0 Å². The lowest BCUT2D eigenvalue weighted by Gasteiger charge is -2.35. The lowest BCUT2D eigenvalue weighted by Crippen LogP contribution is -2.35. The Labute approximate surface area is 91.9 Å². The first kappa shape index (κ1) is 9.46. The molecule has 2 aliphatic rings. The normalized spacial score (nSPS) is 43.8. The molecule has 3 heterocycles. The van der Waals surface area contributed by atoms with Crippen molar-refractivity contribution < 1.29 is 0 Å². The first-order chi connectivity index (χ1) is 7.12. The van der Waals surface area contributed by atoms with E-state index in [-0.39, 0.29) is 0 Å². The number of rotatable bonds is 1. The van der Waals surface area contributed by atoms with Crippen LogP contribution in [-0.4, -0.2) is 28.6 Å². The first-order valence-electron chi connectivity index (χ1n) is 5.97. The van der Waals surface area contributed by atoms with E-state index >= 15 is 0 Å². The molecule has 0 N–H and O–H groups in total. The minimum Gasteiger partial charge on any atom is -0.354 e. The Balaban J connectivity index is 2.03. The number of hydrogen-bond donors (Lipinski definition) is 0. The Hall–Kier alpha value is -0.760. The van der Waals surface area contributed by atoms with Gasteiger partial charge in [0.15, 0.2) is 0 Å². The number of aromatic nitrogens is 1. The van der Waals surface area contributed by atoms with Crippen molar-refractivity contribution in [2.75, 3.05) is 13.1 Å². The second-order valence-corrected chi connectivity index (χ2v) is 5.64. The average molecular weight is 204 g/mol. The molecule has 3 rings (SSSR count). The van der Waals surface area contributed by atoms with Crippen LogP contribution in [0.3, 0.4) is 0 Å². The van der Waals surface area contributed by atoms with Crippen LogP contribution in [0.4, 0.5) is 0 Å². The zero-order chi connectivity index (χ0) is 10.6. The molecule has 0 saturated carbocycles. The lowest BCUT2D eigenvalue weighted by molar-refractivity contribution is 0.222. The molecule has 2 saturated heterocycles. The molecule has 2 heteroatoms. The summed E-state index contributed by atoms with van der Waals surface area (Å²) < 4.78 is 2.30. The zero-order valence-corrected chi connectivity index (χ0v) is 9.90. The molecule has 15 heavy (non-hydrogen) atoms. The van der Waals surface area contributed by atoms with E-state index in [1.54, 1.807) is 0 Å². The van der Waals surface area contributed by atoms with E-state index in [1.165, 1.54) is 25.2 Å². The minimum atomic E-state index is 0.519. The summed E-state index contributed by atoms with van der Waals surface area (Å²) in [5.41, 5.74) is 2.04. The molecule has 2 bridgehead atoms. The Kier molecular flexibility index (Phi) is 1.82. The molecule has 2 nitrogen and oxygen atoms in total. The summed E-state index contributed by atoms with van der Waals surface area (Å²) in [5, 5.41) is 0. The van der Waals surface area contributed by atoms with E-state index < -0.39 is 0 Å². The largest absolute Gasteiger partial charge is 0.354 e. The summed E-state index contributed by atoms with van der Waals surface area (Å²) in [6.45, 7) is 7.46. The fourth-order valence-corrected chi connectivity index (χ4v) is 3.82. The van der Waals surface area contributed by atoms with Crippen LogP contribution in [0.5, 0.6) is 0 Å². The molecule has 1 aromatic heterocycles. The quantitative estimate of drug-likeness (QED) is 0.681. The fraction of sp³-hybridized carbons (Fsp3) is 0.692. The van der Waals surface area contributed by atoms with Crippen molar-refractivity contribution >= 4 is 0 Å². The van der Waals surface area contributed by atoms with Gasteiger partial charge in [-0.25, -0.2) is 0 Å². The maximum Gasteiger partial charge on any atom is 0.0224 e. The lowest BCUT2D eigenvalue weighted by atomic mass is 9.73. The van der Waals surface area contributed by atoms with Crippen LogP contribution in [0.25, 0.3) is 0 Å². The smallest absolute Gasteiger partial charge is 0.0224 e. The summed E-state index contributed by atoms with van der Waals surface area (Å²) in [6.07, 6.45) is 3.54. The summed E-state index contributed by atoms with van der Waals surface area (Å²) in [4.78, 5) is 2.65. The van der Waals surface area contributed by atoms with Gasteiger partial charge in [0.1, 0.15) is 0 Å². The number of aryl methyl sites for hydroxylation is 1. The molecule has 0 aromatic carbocycles. The van der Waals surface area contributed by atoms with Gasteiger partial charge >= 0.3 is 0 Å². The molecule has 1 aromatic rings. The summed E-state index contributed by atoms with van der Waals surface area (Å²) in [6, 6.07) is 5.19. The number of hydrogen-bond acceptors (Lipinski definition) is 1. The molecule has 0 amide bonds. The van der Waals surface area contributed by atoms with Crippen molar-refractivity contribution in [1.82, 2.24) is 9.47 Å². The summed E-state index contributed by atoms with van der Waals surface area (Å²) >= 11 is 0. The van der Waals surface area contributed by atoms with Crippen LogP contribution in [0.15, 0.2) is 18.3 Å². The van der Waals surface area contributed by atoms with Gasteiger partial charge in [-0.05, 0) is 37.4 Å². The van der Waals surface area contributed by atoms with Crippen molar-refractivity contribution in [2.24, 2.45) is 12.5 Å². The highest BCUT2D eigenvalue weighted by molar-refractivity contribution is 5.23. The van der Waals surface area contributed by atoms with Crippen molar-refractivity contribution in [3.05, 3.63) is 24.0 Å². The number of nitrogens with zero attached hydrogens (tertiary/aromatic N) is 2. The zero-order valence-electron chi connectivity index (χ0n) is 9.90. The van der Waals surface area contributed by atoms with Crippen LogP contribution in [0, 0.1) is 5.41 Å². The third-order valence-corrected chi connectivity index (χ3v) is 4.65. The van der Waals surface area contributed by atoms with Crippen LogP contribution in [0.1, 0.15) is 31.9 Å². The van der Waals surface area contributed by atoms with Gasteiger partial charge in [0.2, 0.25) is 0 Å². The van der Waals surface area contributed by atoms with Gasteiger partial charge in [0, 0.05) is 37.4 Å². The highest BCUT2D eigenvalue weighted by Gasteiger charge is 2.53. The molecule has 2 aliphatic heterocycles. The Morgan fingerprint density at radius 2 is 2.27 bits per heavy atom. The molecule has 4 atom stereocenters. The predicted molar refractivity (Wildman–Crippen MR) is 61.9 cm³/mol. The van der Waals surface area contributed by atoms with Crippen LogP contribution >= 0.6 is 0 Å². The van der Waals surface area contributed by atoms with Crippen molar-refractivity contribution in [2.45, 2.75) is 32.2 Å². The van der Waals surface area contributed by atoms with Crippen LogP contribution in [-0.2, 0) is 7.05 Å². The van der Waals surface area contributed by atoms with Crippen molar-refractivity contribution in [3.63, 3.8) is 0 Å². The van der Waals surface area contributed by atoms with E-state index in [0.29, 0.717) is 5.41 Å². The van der Waals surface area contributed by atoms with Gasteiger partial charge in [-0.15, -0.1) is 0 Å². The molecule has 0 aliphatic carbocycles. The van der Waals surface area contributed by atoms with E-state index in [2.05, 4.69) is 48.7 Å². The molecular weight excluding hydrogens is 184 g/mol. The van der Waals surface area contributed by atoms with Crippen LogP contribution in [0.2, 0.25) is 0 Å². The van der Waals surface area contributed by atoms with E-state index in [4.69, 9.17) is 0 Å². The highest BCUT2D eigenvalue weighted by atomic mass is 15.2. The predicted octanol–water partition coefficient (Wildman–Crippen LogP) is 2.22. The maximum absolute atomic E-state index is 2.65. The standard InChI is InChI=1S/C13H20N2/c1-10-12(11-5-4-7-14(11)3)13(2)6-8-15(10)9-13/h4-5,7,10,12H,6,8-9H2,1-3H3/t10-,12?,13?/m1/s1. The first-order valence-corrected chi connectivity index (χ1v) is 5.97. The number of piperidine rings is 1. The second-order valence-electron chi connectivity index (χ2n) is 5.64. The monoisotopic (exact) mass is 204 g/mol. The Morgan fingerprint density at radius 1 is 1.47 bits per heavy atom. The third-order valence-electron chi connectivity index (χ3n) is 4.65. The van der Waals surface area contributed by atoms with Crippen molar-refractivity contribution in [1.29, 1.82) is 0 Å². The van der Waals surface area contributed by atoms with Gasteiger partial charge in [-0.2, -0.15) is 0 Å². The topological polar surface area (TPSA) is 8.17 Å². The average Bonchev–Trinajstić information content (AvgIpc) is 2.79. The van der Waals surface area contributed by atoms with Gasteiger partial charge in [-0.3, -0.25) is 4.90 Å². The molecule has 3 unspecified atom stereocenters. The second kappa shape index (κ2) is 2.88. The minimum absolute atomic E-state index is 0.519. The molecule has 2 fully saturated rings. The molecule has 0 radical (unpaired) electrons. The molecular formula is C13H20N2. The third kappa shape index (κ3) is 1.14. The number of fused-ring (bicyclic) bond motifs is 2. The van der Waals surface area contributed by atoms with Crippen molar-refractivity contribution in [3.8, 4) is 0 Å². The highest BCUT2D eigenvalue weighted by Crippen LogP contribution is 2.53. The summed E-state index contributed by atoms with van der Waals surface area (Å²) in [7, 11) is 2.17. The Morgan fingerprint density at radius 3 is 2.80 bits per heavy atom.